The number of amides is 2. The van der Waals surface area contributed by atoms with Crippen LogP contribution in [0.3, 0.4) is 0 Å². The molecule has 1 aliphatic rings. The van der Waals surface area contributed by atoms with Gasteiger partial charge in [-0.25, -0.2) is 4.79 Å². The Kier molecular flexibility index (Phi) is 5.87. The molecule has 1 aromatic carbocycles. The van der Waals surface area contributed by atoms with Crippen molar-refractivity contribution in [1.29, 1.82) is 0 Å². The number of ether oxygens (including phenoxy) is 1. The van der Waals surface area contributed by atoms with E-state index in [0.29, 0.717) is 19.1 Å². The first-order valence-electron chi connectivity index (χ1n) is 7.62. The normalized spacial score (nSPS) is 15.0. The van der Waals surface area contributed by atoms with Crippen molar-refractivity contribution in [2.75, 3.05) is 18.5 Å². The zero-order valence-electron chi connectivity index (χ0n) is 12.5. The van der Waals surface area contributed by atoms with Gasteiger partial charge < -0.3 is 20.5 Å². The zero-order valence-corrected chi connectivity index (χ0v) is 12.5. The average molecular weight is 292 g/mol. The van der Waals surface area contributed by atoms with Crippen molar-refractivity contribution >= 4 is 11.7 Å². The number of nitrogens with one attached hydrogen (secondary N) is 2. The van der Waals surface area contributed by atoms with E-state index in [4.69, 9.17) is 9.84 Å². The molecule has 0 saturated heterocycles. The van der Waals surface area contributed by atoms with Gasteiger partial charge in [-0.3, -0.25) is 0 Å². The highest BCUT2D eigenvalue weighted by Gasteiger charge is 2.18. The lowest BCUT2D eigenvalue weighted by molar-refractivity contribution is 0.209. The molecule has 2 amide bonds. The Labute approximate surface area is 125 Å². The number of benzene rings is 1. The van der Waals surface area contributed by atoms with Gasteiger partial charge in [-0.2, -0.15) is 0 Å². The van der Waals surface area contributed by atoms with Crippen molar-refractivity contribution in [3.05, 3.63) is 23.8 Å². The molecule has 0 heterocycles. The fourth-order valence-electron chi connectivity index (χ4n) is 2.51. The zero-order chi connectivity index (χ0) is 15.1. The van der Waals surface area contributed by atoms with Crippen LogP contribution in [0.15, 0.2) is 18.2 Å². The van der Waals surface area contributed by atoms with Gasteiger partial charge in [0.05, 0.1) is 6.10 Å². The summed E-state index contributed by atoms with van der Waals surface area (Å²) in [6.45, 7) is 2.48. The molecule has 0 radical (unpaired) electrons. The monoisotopic (exact) mass is 292 g/mol. The van der Waals surface area contributed by atoms with E-state index in [1.165, 1.54) is 12.8 Å². The molecule has 5 heteroatoms. The second kappa shape index (κ2) is 7.88. The molecule has 0 aliphatic heterocycles. The number of hydrogen-bond donors (Lipinski definition) is 3. The highest BCUT2D eigenvalue weighted by atomic mass is 16.5. The third kappa shape index (κ3) is 4.63. The predicted molar refractivity (Wildman–Crippen MR) is 82.8 cm³/mol. The number of aliphatic hydroxyl groups is 1. The van der Waals surface area contributed by atoms with Crippen LogP contribution in [0.2, 0.25) is 0 Å². The third-order valence-corrected chi connectivity index (χ3v) is 3.75. The van der Waals surface area contributed by atoms with E-state index in [0.717, 1.165) is 29.8 Å². The topological polar surface area (TPSA) is 70.6 Å². The fraction of sp³-hybridized carbons (Fsp3) is 0.562. The van der Waals surface area contributed by atoms with E-state index in [1.807, 2.05) is 25.1 Å². The Bertz CT molecular complexity index is 471. The smallest absolute Gasteiger partial charge is 0.319 e. The SMILES string of the molecule is Cc1c(NC(=O)NCCCO)cccc1OC1CCCC1. The second-order valence-electron chi connectivity index (χ2n) is 5.41. The highest BCUT2D eigenvalue weighted by Crippen LogP contribution is 2.30. The Balaban J connectivity index is 1.94. The highest BCUT2D eigenvalue weighted by molar-refractivity contribution is 5.90. The van der Waals surface area contributed by atoms with Crippen LogP contribution >= 0.6 is 0 Å². The number of anilines is 1. The van der Waals surface area contributed by atoms with Crippen LogP contribution < -0.4 is 15.4 Å². The maximum atomic E-state index is 11.8. The molecule has 1 saturated carbocycles. The lowest BCUT2D eigenvalue weighted by Gasteiger charge is -2.17. The van der Waals surface area contributed by atoms with Crippen LogP contribution in [-0.4, -0.2) is 30.4 Å². The van der Waals surface area contributed by atoms with Gasteiger partial charge in [0, 0.05) is 24.4 Å². The molecule has 0 atom stereocenters. The fourth-order valence-corrected chi connectivity index (χ4v) is 2.51. The summed E-state index contributed by atoms with van der Waals surface area (Å²) in [5, 5.41) is 14.2. The number of carbonyl (C=O) groups is 1. The molecule has 1 aliphatic carbocycles. The molecular formula is C16H24N2O3. The molecule has 0 unspecified atom stereocenters. The van der Waals surface area contributed by atoms with Crippen LogP contribution in [0.4, 0.5) is 10.5 Å². The van der Waals surface area contributed by atoms with Gasteiger partial charge in [-0.1, -0.05) is 6.07 Å². The van der Waals surface area contributed by atoms with Gasteiger partial charge in [0.2, 0.25) is 0 Å². The van der Waals surface area contributed by atoms with E-state index < -0.39 is 0 Å². The van der Waals surface area contributed by atoms with E-state index in [1.54, 1.807) is 0 Å². The molecule has 1 aromatic rings. The van der Waals surface area contributed by atoms with Crippen molar-refractivity contribution in [3.63, 3.8) is 0 Å². The summed E-state index contributed by atoms with van der Waals surface area (Å²) in [7, 11) is 0. The molecule has 1 fully saturated rings. The van der Waals surface area contributed by atoms with Gasteiger partial charge in [0.25, 0.3) is 0 Å². The molecule has 21 heavy (non-hydrogen) atoms. The van der Waals surface area contributed by atoms with Crippen molar-refractivity contribution in [2.45, 2.75) is 45.1 Å². The molecule has 5 nitrogen and oxygen atoms in total. The molecule has 0 spiro atoms. The Morgan fingerprint density at radius 2 is 2.14 bits per heavy atom. The van der Waals surface area contributed by atoms with E-state index in [-0.39, 0.29) is 12.6 Å². The van der Waals surface area contributed by atoms with Crippen LogP contribution in [0.25, 0.3) is 0 Å². The minimum absolute atomic E-state index is 0.0734. The van der Waals surface area contributed by atoms with Gasteiger partial charge in [-0.05, 0) is 51.2 Å². The number of carbonyl (C=O) groups excluding carboxylic acids is 1. The molecule has 3 N–H and O–H groups in total. The molecule has 2 rings (SSSR count). The minimum atomic E-state index is -0.260. The van der Waals surface area contributed by atoms with Crippen LogP contribution in [0.5, 0.6) is 5.75 Å². The number of hydrogen-bond acceptors (Lipinski definition) is 3. The Hall–Kier alpha value is -1.75. The molecule has 116 valence electrons. The van der Waals surface area contributed by atoms with Crippen LogP contribution in [-0.2, 0) is 0 Å². The summed E-state index contributed by atoms with van der Waals surface area (Å²) in [5.74, 6) is 0.843. The van der Waals surface area contributed by atoms with E-state index in [2.05, 4.69) is 10.6 Å². The second-order valence-corrected chi connectivity index (χ2v) is 5.41. The van der Waals surface area contributed by atoms with Crippen LogP contribution in [0, 0.1) is 6.92 Å². The maximum Gasteiger partial charge on any atom is 0.319 e. The summed E-state index contributed by atoms with van der Waals surface area (Å²) in [6.07, 6.45) is 5.54. The van der Waals surface area contributed by atoms with E-state index in [9.17, 15) is 4.79 Å². The minimum Gasteiger partial charge on any atom is -0.490 e. The summed E-state index contributed by atoms with van der Waals surface area (Å²) in [5.41, 5.74) is 1.70. The van der Waals surface area contributed by atoms with Crippen molar-refractivity contribution < 1.29 is 14.6 Å². The van der Waals surface area contributed by atoms with Gasteiger partial charge in [-0.15, -0.1) is 0 Å². The maximum absolute atomic E-state index is 11.8. The van der Waals surface area contributed by atoms with Gasteiger partial charge in [0.1, 0.15) is 5.75 Å². The lowest BCUT2D eigenvalue weighted by atomic mass is 10.1. The van der Waals surface area contributed by atoms with Gasteiger partial charge in [0.15, 0.2) is 0 Å². The largest absolute Gasteiger partial charge is 0.490 e. The first-order valence-corrected chi connectivity index (χ1v) is 7.62. The lowest BCUT2D eigenvalue weighted by Crippen LogP contribution is -2.30. The number of rotatable bonds is 6. The predicted octanol–water partition coefficient (Wildman–Crippen LogP) is 2.82. The van der Waals surface area contributed by atoms with Crippen LogP contribution in [0.1, 0.15) is 37.7 Å². The third-order valence-electron chi connectivity index (χ3n) is 3.75. The quantitative estimate of drug-likeness (QED) is 0.706. The van der Waals surface area contributed by atoms with E-state index >= 15 is 0 Å². The standard InChI is InChI=1S/C16H24N2O3/c1-12-14(18-16(20)17-10-5-11-19)8-4-9-15(12)21-13-6-2-3-7-13/h4,8-9,13,19H,2-3,5-7,10-11H2,1H3,(H2,17,18,20). The summed E-state index contributed by atoms with van der Waals surface area (Å²) in [6, 6.07) is 5.44. The van der Waals surface area contributed by atoms with Crippen molar-refractivity contribution in [1.82, 2.24) is 5.32 Å². The first-order chi connectivity index (χ1) is 10.2. The summed E-state index contributed by atoms with van der Waals surface area (Å²) >= 11 is 0. The molecule has 0 aromatic heterocycles. The van der Waals surface area contributed by atoms with Crippen molar-refractivity contribution in [3.8, 4) is 5.75 Å². The summed E-state index contributed by atoms with van der Waals surface area (Å²) < 4.78 is 6.02. The number of aliphatic hydroxyl groups excluding tert-OH is 1. The molecule has 0 bridgehead atoms. The first kappa shape index (κ1) is 15.6. The Morgan fingerprint density at radius 1 is 1.38 bits per heavy atom. The molecular weight excluding hydrogens is 268 g/mol. The van der Waals surface area contributed by atoms with Crippen molar-refractivity contribution in [2.24, 2.45) is 0 Å². The van der Waals surface area contributed by atoms with Gasteiger partial charge >= 0.3 is 6.03 Å². The average Bonchev–Trinajstić information content (AvgIpc) is 2.96. The Morgan fingerprint density at radius 3 is 2.86 bits per heavy atom. The summed E-state index contributed by atoms with van der Waals surface area (Å²) in [4.78, 5) is 11.8. The number of urea groups is 1.